The molecule has 0 radical (unpaired) electrons. The van der Waals surface area contributed by atoms with Gasteiger partial charge >= 0.3 is 0 Å². The zero-order valence-corrected chi connectivity index (χ0v) is 17.6. The van der Waals surface area contributed by atoms with Crippen LogP contribution in [0.3, 0.4) is 0 Å². The lowest BCUT2D eigenvalue weighted by Crippen LogP contribution is -2.04. The molecule has 5 nitrogen and oxygen atoms in total. The number of thiophene rings is 1. The first-order valence-corrected chi connectivity index (χ1v) is 10.7. The summed E-state index contributed by atoms with van der Waals surface area (Å²) < 4.78 is 8.27. The molecule has 5 rings (SSSR count). The predicted octanol–water partition coefficient (Wildman–Crippen LogP) is 4.61. The molecule has 0 amide bonds. The second-order valence-electron chi connectivity index (χ2n) is 7.21. The molecule has 1 atom stereocenters. The number of hydrogen-bond donors (Lipinski definition) is 0. The molecule has 0 aliphatic carbocycles. The van der Waals surface area contributed by atoms with Crippen molar-refractivity contribution in [3.05, 3.63) is 93.6 Å². The fourth-order valence-electron chi connectivity index (χ4n) is 3.64. The highest BCUT2D eigenvalue weighted by Gasteiger charge is 2.28. The molecule has 0 saturated carbocycles. The molecule has 1 aromatic carbocycles. The number of benzene rings is 1. The fourth-order valence-corrected chi connectivity index (χ4v) is 4.87. The van der Waals surface area contributed by atoms with Gasteiger partial charge in [-0.05, 0) is 55.4 Å². The highest BCUT2D eigenvalue weighted by Crippen LogP contribution is 2.39. The van der Waals surface area contributed by atoms with Gasteiger partial charge in [0.15, 0.2) is 5.82 Å². The van der Waals surface area contributed by atoms with E-state index in [1.54, 1.807) is 17.5 Å². The number of pyridine rings is 1. The van der Waals surface area contributed by atoms with Crippen molar-refractivity contribution in [2.24, 2.45) is 0 Å². The Balaban J connectivity index is 1.68. The molecule has 30 heavy (non-hydrogen) atoms. The molecule has 0 fully saturated rings. The van der Waals surface area contributed by atoms with Gasteiger partial charge in [-0.15, -0.1) is 21.5 Å². The molecule has 0 bridgehead atoms. The van der Waals surface area contributed by atoms with E-state index >= 15 is 0 Å². The van der Waals surface area contributed by atoms with Crippen molar-refractivity contribution in [3.63, 3.8) is 0 Å². The minimum atomic E-state index is -0.113. The fraction of sp³-hybridized carbons (Fsp3) is 0.208. The summed E-state index contributed by atoms with van der Waals surface area (Å²) >= 11 is 1.68. The lowest BCUT2D eigenvalue weighted by atomic mass is 10.0. The monoisotopic (exact) mass is 412 g/mol. The second kappa shape index (κ2) is 7.86. The van der Waals surface area contributed by atoms with E-state index in [0.29, 0.717) is 6.61 Å². The van der Waals surface area contributed by atoms with Crippen LogP contribution in [-0.2, 0) is 17.8 Å². The summed E-state index contributed by atoms with van der Waals surface area (Å²) in [6, 6.07) is 16.2. The number of aromatic nitrogens is 4. The molecule has 6 heteroatoms. The van der Waals surface area contributed by atoms with E-state index < -0.39 is 0 Å². The topological polar surface area (TPSA) is 52.8 Å². The lowest BCUT2D eigenvalue weighted by Gasteiger charge is -2.09. The third-order valence-corrected chi connectivity index (χ3v) is 6.36. The average Bonchev–Trinajstić information content (AvgIpc) is 3.28. The smallest absolute Gasteiger partial charge is 0.167 e. The number of aryl methyl sites for hydroxylation is 1. The van der Waals surface area contributed by atoms with E-state index in [1.807, 2.05) is 38.1 Å². The summed E-state index contributed by atoms with van der Waals surface area (Å²) in [4.78, 5) is 5.37. The van der Waals surface area contributed by atoms with E-state index in [1.165, 1.54) is 16.7 Å². The quantitative estimate of drug-likeness (QED) is 0.451. The van der Waals surface area contributed by atoms with Gasteiger partial charge in [-0.2, -0.15) is 0 Å². The van der Waals surface area contributed by atoms with E-state index in [9.17, 15) is 0 Å². The lowest BCUT2D eigenvalue weighted by molar-refractivity contribution is 0.0493. The number of rotatable bonds is 2. The molecule has 4 aromatic rings. The second-order valence-corrected chi connectivity index (χ2v) is 8.21. The van der Waals surface area contributed by atoms with Crippen LogP contribution in [0.15, 0.2) is 54.7 Å². The first-order valence-electron chi connectivity index (χ1n) is 9.86. The van der Waals surface area contributed by atoms with Gasteiger partial charge in [0.2, 0.25) is 0 Å². The standard InChI is InChI=1S/C24H20N4OS/c1-16-23-27-26-17(2)28(23)24-21(15-29-16)20(14-18-8-4-3-5-9-18)22(30-24)12-11-19-10-6-7-13-25-19/h3-10,13,16H,14-15H2,1-2H3/t16-/m0/s1. The largest absolute Gasteiger partial charge is 0.366 e. The Hall–Kier alpha value is -3.27. The maximum atomic E-state index is 6.15. The molecular weight excluding hydrogens is 392 g/mol. The number of ether oxygens (including phenoxy) is 1. The Bertz CT molecular complexity index is 1250. The summed E-state index contributed by atoms with van der Waals surface area (Å²) in [6.45, 7) is 4.53. The molecule has 3 aromatic heterocycles. The highest BCUT2D eigenvalue weighted by atomic mass is 32.1. The molecule has 0 saturated heterocycles. The molecule has 0 unspecified atom stereocenters. The summed E-state index contributed by atoms with van der Waals surface area (Å²) in [5, 5.41) is 9.77. The van der Waals surface area contributed by atoms with Gasteiger partial charge in [0, 0.05) is 11.8 Å². The maximum Gasteiger partial charge on any atom is 0.167 e. The first-order chi connectivity index (χ1) is 14.7. The van der Waals surface area contributed by atoms with Gasteiger partial charge in [-0.25, -0.2) is 4.98 Å². The van der Waals surface area contributed by atoms with Crippen LogP contribution in [0.1, 0.15) is 51.9 Å². The van der Waals surface area contributed by atoms with E-state index in [-0.39, 0.29) is 6.10 Å². The molecule has 4 heterocycles. The van der Waals surface area contributed by atoms with Crippen LogP contribution in [-0.4, -0.2) is 19.7 Å². The Labute approximate surface area is 179 Å². The SMILES string of the molecule is Cc1nnc2n1-c1sc(C#Cc3ccccn3)c(Cc3ccccc3)c1CO[C@H]2C. The van der Waals surface area contributed by atoms with Gasteiger partial charge in [-0.1, -0.05) is 36.4 Å². The van der Waals surface area contributed by atoms with Crippen molar-refractivity contribution in [2.45, 2.75) is 33.0 Å². The van der Waals surface area contributed by atoms with Crippen LogP contribution in [0.2, 0.25) is 0 Å². The zero-order chi connectivity index (χ0) is 20.5. The third-order valence-electron chi connectivity index (χ3n) is 5.18. The molecule has 0 spiro atoms. The van der Waals surface area contributed by atoms with Gasteiger partial charge < -0.3 is 4.74 Å². The van der Waals surface area contributed by atoms with Gasteiger partial charge in [0.1, 0.15) is 22.6 Å². The van der Waals surface area contributed by atoms with Crippen molar-refractivity contribution in [2.75, 3.05) is 0 Å². The van der Waals surface area contributed by atoms with Crippen LogP contribution in [0.4, 0.5) is 0 Å². The zero-order valence-electron chi connectivity index (χ0n) is 16.8. The van der Waals surface area contributed by atoms with Crippen LogP contribution in [0.5, 0.6) is 0 Å². The molecule has 1 aliphatic heterocycles. The summed E-state index contributed by atoms with van der Waals surface area (Å²) in [6.07, 6.45) is 2.45. The Morgan fingerprint density at radius 2 is 1.93 bits per heavy atom. The van der Waals surface area contributed by atoms with E-state index in [2.05, 4.69) is 55.9 Å². The van der Waals surface area contributed by atoms with Gasteiger partial charge in [0.05, 0.1) is 11.5 Å². The molecule has 148 valence electrons. The van der Waals surface area contributed by atoms with Crippen LogP contribution >= 0.6 is 11.3 Å². The first kappa shape index (κ1) is 18.7. The van der Waals surface area contributed by atoms with E-state index in [4.69, 9.17) is 4.74 Å². The summed E-state index contributed by atoms with van der Waals surface area (Å²) in [7, 11) is 0. The van der Waals surface area contributed by atoms with Gasteiger partial charge in [0.25, 0.3) is 0 Å². The Morgan fingerprint density at radius 3 is 2.73 bits per heavy atom. The Kier molecular flexibility index (Phi) is 4.91. The summed E-state index contributed by atoms with van der Waals surface area (Å²) in [5.41, 5.74) is 4.38. The molecular formula is C24H20N4OS. The minimum Gasteiger partial charge on any atom is -0.366 e. The normalized spacial score (nSPS) is 14.9. The third kappa shape index (κ3) is 3.43. The molecule has 1 aliphatic rings. The number of nitrogens with zero attached hydrogens (tertiary/aromatic N) is 4. The van der Waals surface area contributed by atoms with Gasteiger partial charge in [-0.3, -0.25) is 4.57 Å². The highest BCUT2D eigenvalue weighted by molar-refractivity contribution is 7.15. The molecule has 0 N–H and O–H groups in total. The van der Waals surface area contributed by atoms with Crippen molar-refractivity contribution >= 4 is 11.3 Å². The predicted molar refractivity (Wildman–Crippen MR) is 117 cm³/mol. The van der Waals surface area contributed by atoms with E-state index in [0.717, 1.165) is 33.6 Å². The van der Waals surface area contributed by atoms with Crippen molar-refractivity contribution in [1.82, 2.24) is 19.7 Å². The Morgan fingerprint density at radius 1 is 1.10 bits per heavy atom. The van der Waals surface area contributed by atoms with Crippen LogP contribution in [0.25, 0.3) is 5.00 Å². The number of hydrogen-bond acceptors (Lipinski definition) is 5. The average molecular weight is 413 g/mol. The van der Waals surface area contributed by atoms with Crippen LogP contribution < -0.4 is 0 Å². The van der Waals surface area contributed by atoms with Crippen molar-refractivity contribution in [1.29, 1.82) is 0 Å². The van der Waals surface area contributed by atoms with Crippen molar-refractivity contribution < 1.29 is 4.74 Å². The van der Waals surface area contributed by atoms with Crippen molar-refractivity contribution in [3.8, 4) is 16.8 Å². The van der Waals surface area contributed by atoms with Crippen LogP contribution in [0, 0.1) is 18.8 Å². The maximum absolute atomic E-state index is 6.15. The summed E-state index contributed by atoms with van der Waals surface area (Å²) in [5.74, 6) is 8.30. The minimum absolute atomic E-state index is 0.113. The number of fused-ring (bicyclic) bond motifs is 3.